The van der Waals surface area contributed by atoms with Crippen LogP contribution in [0, 0.1) is 6.92 Å². The number of oxime groups is 1. The molecule has 0 radical (unpaired) electrons. The van der Waals surface area contributed by atoms with Gasteiger partial charge in [0.2, 0.25) is 0 Å². The lowest BCUT2D eigenvalue weighted by Gasteiger charge is -2.33. The van der Waals surface area contributed by atoms with Crippen LogP contribution in [0.15, 0.2) is 17.3 Å². The molecule has 0 spiro atoms. The van der Waals surface area contributed by atoms with Gasteiger partial charge in [-0.3, -0.25) is 0 Å². The minimum absolute atomic E-state index is 0.0337. The van der Waals surface area contributed by atoms with Crippen molar-refractivity contribution in [2.45, 2.75) is 32.0 Å². The fourth-order valence-corrected chi connectivity index (χ4v) is 2.18. The van der Waals surface area contributed by atoms with Crippen LogP contribution in [0.25, 0.3) is 0 Å². The zero-order chi connectivity index (χ0) is 14.8. The molecule has 0 bridgehead atoms. The van der Waals surface area contributed by atoms with Gasteiger partial charge < -0.3 is 4.84 Å². The van der Waals surface area contributed by atoms with Crippen LogP contribution in [0.5, 0.6) is 0 Å². The van der Waals surface area contributed by atoms with Gasteiger partial charge in [-0.15, -0.1) is 5.16 Å². The molecule has 0 N–H and O–H groups in total. The van der Waals surface area contributed by atoms with Gasteiger partial charge in [-0.1, -0.05) is 36.2 Å². The van der Waals surface area contributed by atoms with Crippen LogP contribution in [-0.4, -0.2) is 12.9 Å². The van der Waals surface area contributed by atoms with Crippen molar-refractivity contribution in [3.05, 3.63) is 33.3 Å². The van der Waals surface area contributed by atoms with E-state index in [4.69, 9.17) is 23.2 Å². The average molecular weight is 314 g/mol. The van der Waals surface area contributed by atoms with Crippen LogP contribution < -0.4 is 0 Å². The summed E-state index contributed by atoms with van der Waals surface area (Å²) in [6, 6.07) is 2.43. The number of benzene rings is 1. The maximum atomic E-state index is 13.3. The van der Waals surface area contributed by atoms with Crippen molar-refractivity contribution in [3.63, 3.8) is 0 Å². The Balaban J connectivity index is 3.54. The molecule has 0 amide bonds. The number of aryl methyl sites for hydroxylation is 1. The van der Waals surface area contributed by atoms with Gasteiger partial charge in [-0.2, -0.15) is 13.2 Å². The van der Waals surface area contributed by atoms with Crippen LogP contribution in [0.4, 0.5) is 13.2 Å². The van der Waals surface area contributed by atoms with E-state index in [1.807, 2.05) is 0 Å². The number of halogens is 5. The molecule has 0 saturated carbocycles. The predicted octanol–water partition coefficient (Wildman–Crippen LogP) is 5.10. The van der Waals surface area contributed by atoms with Crippen molar-refractivity contribution >= 4 is 29.9 Å². The molecule has 106 valence electrons. The molecule has 0 saturated heterocycles. The second-order valence-electron chi connectivity index (χ2n) is 3.99. The second-order valence-corrected chi connectivity index (χ2v) is 4.77. The van der Waals surface area contributed by atoms with E-state index in [1.54, 1.807) is 6.92 Å². The van der Waals surface area contributed by atoms with E-state index in [0.29, 0.717) is 5.56 Å². The van der Waals surface area contributed by atoms with Gasteiger partial charge in [0.25, 0.3) is 5.60 Å². The molecule has 1 atom stereocenters. The summed E-state index contributed by atoms with van der Waals surface area (Å²) < 4.78 is 40.0. The SMILES string of the molecule is C=NOC(CC)(c1cc(C)c(Cl)c(Cl)c1)C(F)(F)F. The molecular weight excluding hydrogens is 302 g/mol. The third-order valence-electron chi connectivity index (χ3n) is 2.85. The Morgan fingerprint density at radius 1 is 1.32 bits per heavy atom. The Hall–Kier alpha value is -0.940. The van der Waals surface area contributed by atoms with Gasteiger partial charge in [0.05, 0.1) is 10.0 Å². The standard InChI is InChI=1S/C12H12Cl2F3NO/c1-4-11(19-18-3,12(15,16)17)8-5-7(2)10(14)9(13)6-8/h5-6H,3-4H2,1-2H3. The Morgan fingerprint density at radius 2 is 1.89 bits per heavy atom. The first-order valence-electron chi connectivity index (χ1n) is 5.36. The summed E-state index contributed by atoms with van der Waals surface area (Å²) in [5, 5.41) is 3.20. The summed E-state index contributed by atoms with van der Waals surface area (Å²) in [5.41, 5.74) is -2.30. The molecule has 0 aromatic heterocycles. The summed E-state index contributed by atoms with van der Waals surface area (Å²) in [7, 11) is 0. The molecule has 1 aromatic rings. The highest BCUT2D eigenvalue weighted by atomic mass is 35.5. The van der Waals surface area contributed by atoms with E-state index < -0.39 is 11.8 Å². The summed E-state index contributed by atoms with van der Waals surface area (Å²) in [6.07, 6.45) is -5.03. The van der Waals surface area contributed by atoms with Gasteiger partial charge in [0, 0.05) is 18.7 Å². The monoisotopic (exact) mass is 313 g/mol. The van der Waals surface area contributed by atoms with E-state index in [9.17, 15) is 13.2 Å². The molecule has 7 heteroatoms. The largest absolute Gasteiger partial charge is 0.435 e. The van der Waals surface area contributed by atoms with Gasteiger partial charge >= 0.3 is 6.18 Å². The van der Waals surface area contributed by atoms with Gasteiger partial charge in [0.15, 0.2) is 0 Å². The quantitative estimate of drug-likeness (QED) is 0.559. The summed E-state index contributed by atoms with van der Waals surface area (Å²) in [5.74, 6) is 0. The molecule has 1 rings (SSSR count). The lowest BCUT2D eigenvalue weighted by atomic mass is 9.89. The van der Waals surface area contributed by atoms with E-state index in [-0.39, 0.29) is 22.0 Å². The lowest BCUT2D eigenvalue weighted by Crippen LogP contribution is -2.43. The van der Waals surface area contributed by atoms with E-state index >= 15 is 0 Å². The third-order valence-corrected chi connectivity index (χ3v) is 3.75. The summed E-state index contributed by atoms with van der Waals surface area (Å²) in [4.78, 5) is 4.57. The number of hydrogen-bond donors (Lipinski definition) is 0. The first kappa shape index (κ1) is 16.1. The van der Waals surface area contributed by atoms with Crippen LogP contribution >= 0.6 is 23.2 Å². The third kappa shape index (κ3) is 2.82. The Labute approximate surface area is 119 Å². The normalized spacial score (nSPS) is 14.9. The van der Waals surface area contributed by atoms with E-state index in [0.717, 1.165) is 6.07 Å². The van der Waals surface area contributed by atoms with Crippen LogP contribution in [-0.2, 0) is 10.4 Å². The van der Waals surface area contributed by atoms with E-state index in [2.05, 4.69) is 16.7 Å². The lowest BCUT2D eigenvalue weighted by molar-refractivity contribution is -0.286. The molecule has 1 aromatic carbocycles. The van der Waals surface area contributed by atoms with Crippen LogP contribution in [0.3, 0.4) is 0 Å². The van der Waals surface area contributed by atoms with Crippen molar-refractivity contribution in [3.8, 4) is 0 Å². The highest BCUT2D eigenvalue weighted by molar-refractivity contribution is 6.42. The maximum absolute atomic E-state index is 13.3. The predicted molar refractivity (Wildman–Crippen MR) is 69.9 cm³/mol. The fraction of sp³-hybridized carbons (Fsp3) is 0.417. The fourth-order valence-electron chi connectivity index (χ4n) is 1.81. The van der Waals surface area contributed by atoms with Gasteiger partial charge in [0.1, 0.15) is 0 Å². The van der Waals surface area contributed by atoms with Gasteiger partial charge in [-0.05, 0) is 18.6 Å². The second kappa shape index (κ2) is 5.59. The van der Waals surface area contributed by atoms with E-state index in [1.165, 1.54) is 13.0 Å². The molecule has 0 aliphatic rings. The molecule has 0 heterocycles. The van der Waals surface area contributed by atoms with Crippen molar-refractivity contribution in [1.82, 2.24) is 0 Å². The van der Waals surface area contributed by atoms with Crippen molar-refractivity contribution in [2.24, 2.45) is 5.16 Å². The minimum Gasteiger partial charge on any atom is -0.375 e. The number of hydrogen-bond acceptors (Lipinski definition) is 2. The van der Waals surface area contributed by atoms with Crippen molar-refractivity contribution < 1.29 is 18.0 Å². The number of nitrogens with zero attached hydrogens (tertiary/aromatic N) is 1. The zero-order valence-corrected chi connectivity index (χ0v) is 11.8. The van der Waals surface area contributed by atoms with Gasteiger partial charge in [-0.25, -0.2) is 0 Å². The Morgan fingerprint density at radius 3 is 2.26 bits per heavy atom. The topological polar surface area (TPSA) is 21.6 Å². The smallest absolute Gasteiger partial charge is 0.375 e. The molecular formula is C12H12Cl2F3NO. The Kier molecular flexibility index (Phi) is 4.74. The first-order valence-corrected chi connectivity index (χ1v) is 6.12. The minimum atomic E-state index is -4.66. The summed E-state index contributed by atoms with van der Waals surface area (Å²) in [6.45, 7) is 5.87. The number of alkyl halides is 3. The average Bonchev–Trinajstić information content (AvgIpc) is 2.30. The molecule has 2 nitrogen and oxygen atoms in total. The first-order chi connectivity index (χ1) is 8.69. The molecule has 0 aliphatic heterocycles. The molecule has 0 fully saturated rings. The Bertz CT molecular complexity index is 467. The summed E-state index contributed by atoms with van der Waals surface area (Å²) >= 11 is 11.7. The van der Waals surface area contributed by atoms with Crippen LogP contribution in [0.2, 0.25) is 10.0 Å². The van der Waals surface area contributed by atoms with Crippen molar-refractivity contribution in [2.75, 3.05) is 0 Å². The maximum Gasteiger partial charge on any atom is 0.435 e. The molecule has 19 heavy (non-hydrogen) atoms. The highest BCUT2D eigenvalue weighted by Gasteiger charge is 2.58. The van der Waals surface area contributed by atoms with Crippen molar-refractivity contribution in [1.29, 1.82) is 0 Å². The zero-order valence-electron chi connectivity index (χ0n) is 10.3. The number of rotatable bonds is 4. The molecule has 0 aliphatic carbocycles. The highest BCUT2D eigenvalue weighted by Crippen LogP contribution is 2.46. The molecule has 1 unspecified atom stereocenters. The van der Waals surface area contributed by atoms with Crippen LogP contribution in [0.1, 0.15) is 24.5 Å².